The molecule has 0 saturated heterocycles. The molecule has 0 heterocycles. The van der Waals surface area contributed by atoms with Crippen LogP contribution in [0.5, 0.6) is 0 Å². The van der Waals surface area contributed by atoms with E-state index < -0.39 is 0 Å². The molecule has 2 heteroatoms. The maximum atomic E-state index is 9.16. The molecule has 0 unspecified atom stereocenters. The van der Waals surface area contributed by atoms with E-state index in [-0.39, 0.29) is 6.61 Å². The van der Waals surface area contributed by atoms with Crippen molar-refractivity contribution in [3.05, 3.63) is 0 Å². The Morgan fingerprint density at radius 1 is 2.50 bits per heavy atom. The van der Waals surface area contributed by atoms with E-state index in [9.17, 15) is 0 Å². The lowest BCUT2D eigenvalue weighted by Gasteiger charge is -1.54. The highest BCUT2D eigenvalue weighted by Gasteiger charge is 1.53. The third-order valence-electron chi connectivity index (χ3n) is 0.0680. The van der Waals surface area contributed by atoms with Crippen LogP contribution in [0.1, 0.15) is 0 Å². The van der Waals surface area contributed by atoms with Gasteiger partial charge in [-0.1, -0.05) is 0 Å². The average Bonchev–Trinajstić information content (AvgIpc) is 1.41. The first-order valence-electron chi connectivity index (χ1n) is 1.34. The fourth-order valence-electron chi connectivity index (χ4n) is 0. The minimum absolute atomic E-state index is 0.125. The molecule has 0 fully saturated rings. The van der Waals surface area contributed by atoms with E-state index in [1.807, 2.05) is 0 Å². The smallest absolute Gasteiger partial charge is 0.211 e. The van der Waals surface area contributed by atoms with Gasteiger partial charge in [0.2, 0.25) is 1.43 Å². The molecular formula is C2H4O2. The summed E-state index contributed by atoms with van der Waals surface area (Å²) in [5.74, 6) is 0. The van der Waals surface area contributed by atoms with Gasteiger partial charge in [-0.2, -0.15) is 0 Å². The van der Waals surface area contributed by atoms with Crippen molar-refractivity contribution in [2.45, 2.75) is 0 Å². The average molecular weight is 61.1 g/mol. The van der Waals surface area contributed by atoms with E-state index in [1.54, 1.807) is 0 Å². The Morgan fingerprint density at radius 2 is 3.25 bits per heavy atom. The quantitative estimate of drug-likeness (QED) is 0.423. The Labute approximate surface area is 25.6 Å². The molecule has 0 radical (unpaired) electrons. The SMILES string of the molecule is [2H]OCC=O. The van der Waals surface area contributed by atoms with E-state index in [2.05, 4.69) is 5.11 Å². The summed E-state index contributed by atoms with van der Waals surface area (Å²) in [7, 11) is 0. The van der Waals surface area contributed by atoms with Gasteiger partial charge in [0.25, 0.3) is 0 Å². The first-order valence-corrected chi connectivity index (χ1v) is 0.933. The Kier molecular flexibility index (Phi) is 1.25. The van der Waals surface area contributed by atoms with Crippen molar-refractivity contribution in [2.75, 3.05) is 6.61 Å². The van der Waals surface area contributed by atoms with Gasteiger partial charge in [0.15, 0.2) is 0 Å². The Bertz CT molecular complexity index is 28.8. The van der Waals surface area contributed by atoms with Gasteiger partial charge in [0.05, 0.1) is 6.61 Å². The molecule has 0 rings (SSSR count). The molecule has 0 aromatic rings. The fraction of sp³-hybridized carbons (Fsp3) is 0.500. The predicted molar refractivity (Wildman–Crippen MR) is 13.1 cm³/mol. The van der Waals surface area contributed by atoms with Gasteiger partial charge in [0, 0.05) is 0 Å². The first kappa shape index (κ1) is 1.91. The lowest BCUT2D eigenvalue weighted by atomic mass is 10.9. The standard InChI is InChI=1S/C2H4O2/c3-1-2-4/h1,4H,2H2/i4D. The first-order chi connectivity index (χ1) is 2.41. The van der Waals surface area contributed by atoms with Crippen LogP contribution in [-0.4, -0.2) is 19.4 Å². The molecule has 0 atom stereocenters. The predicted octanol–water partition coefficient (Wildman–Crippen LogP) is -0.822. The third-order valence-corrected chi connectivity index (χ3v) is 0.0680. The highest BCUT2D eigenvalue weighted by atomic mass is 16.3. The highest BCUT2D eigenvalue weighted by molar-refractivity contribution is 5.49. The second kappa shape index (κ2) is 2.63. The lowest BCUT2D eigenvalue weighted by molar-refractivity contribution is -0.110. The van der Waals surface area contributed by atoms with Crippen molar-refractivity contribution >= 4 is 6.29 Å². The molecule has 0 aliphatic carbocycles. The molecule has 0 amide bonds. The van der Waals surface area contributed by atoms with Gasteiger partial charge in [-0.15, -0.1) is 0 Å². The third kappa shape index (κ3) is 1.63. The maximum absolute atomic E-state index is 9.16. The summed E-state index contributed by atoms with van der Waals surface area (Å²) >= 11 is 0. The van der Waals surface area contributed by atoms with Crippen LogP contribution in [0.2, 0.25) is 0 Å². The van der Waals surface area contributed by atoms with Gasteiger partial charge >= 0.3 is 0 Å². The summed E-state index contributed by atoms with van der Waals surface area (Å²) in [4.78, 5) is 9.16. The molecule has 0 aromatic carbocycles. The summed E-state index contributed by atoms with van der Waals surface area (Å²) in [5.41, 5.74) is 0. The molecule has 0 saturated carbocycles. The van der Waals surface area contributed by atoms with Crippen LogP contribution in [-0.2, 0) is 4.79 Å². The molecule has 0 aliphatic heterocycles. The minimum atomic E-state index is -0.125. The highest BCUT2D eigenvalue weighted by Crippen LogP contribution is 1.27. The number of hydrogen-bond donors (Lipinski definition) is 1. The van der Waals surface area contributed by atoms with Crippen molar-refractivity contribution in [3.8, 4) is 0 Å². The van der Waals surface area contributed by atoms with Crippen LogP contribution >= 0.6 is 0 Å². The number of rotatable bonds is 2. The Morgan fingerprint density at radius 3 is 3.25 bits per heavy atom. The van der Waals surface area contributed by atoms with Crippen molar-refractivity contribution in [1.82, 2.24) is 0 Å². The Hall–Kier alpha value is -0.370. The number of hydrogen-bond acceptors (Lipinski definition) is 2. The lowest BCUT2D eigenvalue weighted by Crippen LogP contribution is -1.75. The number of carbonyl (C=O) groups excluding carboxylic acids is 1. The number of carbonyl (C=O) groups is 1. The molecule has 24 valence electrons. The summed E-state index contributed by atoms with van der Waals surface area (Å²) in [6, 6.07) is 0. The maximum Gasteiger partial charge on any atom is 0.211 e. The summed E-state index contributed by atoms with van der Waals surface area (Å²) < 4.78 is 5.87. The van der Waals surface area contributed by atoms with E-state index in [0.29, 0.717) is 6.29 Å². The van der Waals surface area contributed by atoms with E-state index >= 15 is 0 Å². The topological polar surface area (TPSA) is 37.3 Å². The van der Waals surface area contributed by atoms with Crippen molar-refractivity contribution in [3.63, 3.8) is 0 Å². The molecule has 2 nitrogen and oxygen atoms in total. The normalized spacial score (nSPS) is 9.50. The van der Waals surface area contributed by atoms with Crippen molar-refractivity contribution < 1.29 is 9.90 Å². The van der Waals surface area contributed by atoms with Crippen LogP contribution in [0.3, 0.4) is 0 Å². The largest absolute Gasteiger partial charge is 0.389 e. The van der Waals surface area contributed by atoms with Crippen LogP contribution in [0.4, 0.5) is 0 Å². The fourth-order valence-corrected chi connectivity index (χ4v) is 0. The van der Waals surface area contributed by atoms with Gasteiger partial charge in [-0.25, -0.2) is 0 Å². The van der Waals surface area contributed by atoms with E-state index in [0.717, 1.165) is 0 Å². The van der Waals surface area contributed by atoms with Crippen molar-refractivity contribution in [1.29, 1.82) is 1.43 Å². The zero-order valence-electron chi connectivity index (χ0n) is 3.10. The monoisotopic (exact) mass is 61.0 g/mol. The molecular weight excluding hydrogens is 56.0 g/mol. The zero-order valence-corrected chi connectivity index (χ0v) is 2.10. The minimum Gasteiger partial charge on any atom is -0.389 e. The van der Waals surface area contributed by atoms with E-state index in [1.165, 1.54) is 0 Å². The van der Waals surface area contributed by atoms with Crippen LogP contribution < -0.4 is 0 Å². The molecule has 0 aliphatic rings. The summed E-state index contributed by atoms with van der Waals surface area (Å²) in [6.07, 6.45) is 0.521. The summed E-state index contributed by atoms with van der Waals surface area (Å²) in [5, 5.41) is 3.57. The summed E-state index contributed by atoms with van der Waals surface area (Å²) in [6.45, 7) is -0.125. The molecule has 4 heavy (non-hydrogen) atoms. The van der Waals surface area contributed by atoms with E-state index in [4.69, 9.17) is 6.23 Å². The zero-order chi connectivity index (χ0) is 4.12. The Balaban J connectivity index is 2.40. The number of aliphatic hydroxyl groups is 1. The molecule has 0 bridgehead atoms. The second-order valence-electron chi connectivity index (χ2n) is 0.333. The van der Waals surface area contributed by atoms with Gasteiger partial charge in [-0.05, 0) is 0 Å². The van der Waals surface area contributed by atoms with Crippen LogP contribution in [0.25, 0.3) is 0 Å². The van der Waals surface area contributed by atoms with Gasteiger partial charge < -0.3 is 9.90 Å². The van der Waals surface area contributed by atoms with Gasteiger partial charge in [0.1, 0.15) is 6.29 Å². The molecule has 0 aromatic heterocycles. The number of aldehydes is 1. The van der Waals surface area contributed by atoms with Gasteiger partial charge in [-0.3, -0.25) is 0 Å². The van der Waals surface area contributed by atoms with Crippen molar-refractivity contribution in [2.24, 2.45) is 0 Å². The molecule has 0 spiro atoms. The van der Waals surface area contributed by atoms with Crippen LogP contribution in [0.15, 0.2) is 0 Å². The second-order valence-corrected chi connectivity index (χ2v) is 0.333. The van der Waals surface area contributed by atoms with Crippen LogP contribution in [0, 0.1) is 0 Å². The number of aliphatic hydroxyl groups excluding tert-OH is 1. The molecule has 1 N–H and O–H groups in total.